The monoisotopic (exact) mass is 330 g/mol. The van der Waals surface area contributed by atoms with Crippen LogP contribution in [0.3, 0.4) is 0 Å². The minimum absolute atomic E-state index is 0.406. The molecule has 0 radical (unpaired) electrons. The van der Waals surface area contributed by atoms with E-state index in [9.17, 15) is 0 Å². The predicted octanol–water partition coefficient (Wildman–Crippen LogP) is 5.05. The van der Waals surface area contributed by atoms with E-state index in [-0.39, 0.29) is 0 Å². The van der Waals surface area contributed by atoms with E-state index in [4.69, 9.17) is 16.3 Å². The van der Waals surface area contributed by atoms with Crippen LogP contribution in [0.2, 0.25) is 5.15 Å². The van der Waals surface area contributed by atoms with Crippen molar-refractivity contribution in [1.29, 1.82) is 0 Å². The molecule has 23 heavy (non-hydrogen) atoms. The number of aryl methyl sites for hydroxylation is 1. The number of aromatic nitrogens is 2. The van der Waals surface area contributed by atoms with Gasteiger partial charge in [0.15, 0.2) is 10.9 Å². The molecule has 0 N–H and O–H groups in total. The maximum atomic E-state index is 6.08. The van der Waals surface area contributed by atoms with Crippen molar-refractivity contribution in [3.63, 3.8) is 0 Å². The van der Waals surface area contributed by atoms with Crippen molar-refractivity contribution in [2.24, 2.45) is 5.92 Å². The molecule has 1 aliphatic carbocycles. The lowest BCUT2D eigenvalue weighted by molar-refractivity contribution is 0.303. The van der Waals surface area contributed by atoms with Gasteiger partial charge in [-0.15, -0.1) is 0 Å². The molecule has 2 aromatic rings. The molecule has 1 saturated carbocycles. The van der Waals surface area contributed by atoms with E-state index in [1.807, 2.05) is 0 Å². The summed E-state index contributed by atoms with van der Waals surface area (Å²) in [5.41, 5.74) is 2.41. The van der Waals surface area contributed by atoms with E-state index < -0.39 is 0 Å². The first-order valence-electron chi connectivity index (χ1n) is 8.36. The number of hydrogen-bond acceptors (Lipinski definition) is 3. The van der Waals surface area contributed by atoms with Crippen molar-refractivity contribution in [2.45, 2.75) is 44.4 Å². The average molecular weight is 331 g/mol. The molecule has 0 saturated heterocycles. The van der Waals surface area contributed by atoms with Gasteiger partial charge in [0.25, 0.3) is 0 Å². The van der Waals surface area contributed by atoms with Crippen molar-refractivity contribution < 1.29 is 4.74 Å². The summed E-state index contributed by atoms with van der Waals surface area (Å²) >= 11 is 6.08. The van der Waals surface area contributed by atoms with Crippen LogP contribution in [0.1, 0.15) is 49.3 Å². The van der Waals surface area contributed by atoms with E-state index in [0.717, 1.165) is 24.5 Å². The molecule has 0 aliphatic heterocycles. The van der Waals surface area contributed by atoms with Crippen LogP contribution in [-0.4, -0.2) is 17.1 Å². The summed E-state index contributed by atoms with van der Waals surface area (Å²) in [4.78, 5) is 8.34. The third kappa shape index (κ3) is 4.03. The van der Waals surface area contributed by atoms with Gasteiger partial charge in [0.05, 0.1) is 12.8 Å². The quantitative estimate of drug-likeness (QED) is 0.720. The molecule has 3 nitrogen and oxygen atoms in total. The molecule has 1 aliphatic rings. The Hall–Kier alpha value is -1.61. The highest BCUT2D eigenvalue weighted by molar-refractivity contribution is 6.30. The lowest BCUT2D eigenvalue weighted by Gasteiger charge is -2.29. The van der Waals surface area contributed by atoms with Crippen molar-refractivity contribution in [3.05, 3.63) is 53.1 Å². The molecule has 122 valence electrons. The zero-order chi connectivity index (χ0) is 16.1. The van der Waals surface area contributed by atoms with Gasteiger partial charge in [0.1, 0.15) is 6.33 Å². The Kier molecular flexibility index (Phi) is 5.50. The maximum absolute atomic E-state index is 6.08. The zero-order valence-corrected chi connectivity index (χ0v) is 14.3. The highest BCUT2D eigenvalue weighted by Gasteiger charge is 2.23. The molecule has 3 rings (SSSR count). The minimum Gasteiger partial charge on any atom is -0.492 e. The van der Waals surface area contributed by atoms with Gasteiger partial charge >= 0.3 is 0 Å². The van der Waals surface area contributed by atoms with Gasteiger partial charge in [-0.1, -0.05) is 54.8 Å². The molecular weight excluding hydrogens is 308 g/mol. The van der Waals surface area contributed by atoms with E-state index in [0.29, 0.717) is 16.8 Å². The van der Waals surface area contributed by atoms with Crippen molar-refractivity contribution in [1.82, 2.24) is 9.97 Å². The van der Waals surface area contributed by atoms with Crippen LogP contribution in [0.5, 0.6) is 5.75 Å². The van der Waals surface area contributed by atoms with Crippen molar-refractivity contribution >= 4 is 11.6 Å². The molecular formula is C19H23ClN2O. The van der Waals surface area contributed by atoms with Crippen molar-refractivity contribution in [2.75, 3.05) is 7.11 Å². The first-order valence-corrected chi connectivity index (χ1v) is 8.74. The summed E-state index contributed by atoms with van der Waals surface area (Å²) in [7, 11) is 1.63. The van der Waals surface area contributed by atoms with Gasteiger partial charge in [-0.25, -0.2) is 9.97 Å². The number of halogens is 1. The largest absolute Gasteiger partial charge is 0.492 e. The summed E-state index contributed by atoms with van der Waals surface area (Å²) in [6.45, 7) is 0. The van der Waals surface area contributed by atoms with Crippen LogP contribution < -0.4 is 4.74 Å². The molecule has 1 fully saturated rings. The number of hydrogen-bond donors (Lipinski definition) is 0. The standard InChI is InChI=1S/C19H23ClN2O/c1-23-18-17(21-13-22-19(18)20)11-10-14-6-5-9-16(12-14)15-7-3-2-4-8-15/h2-4,7-8,13-14,16H,5-6,9-12H2,1H3/t14-,16-/m1/s1. The molecule has 0 amide bonds. The van der Waals surface area contributed by atoms with Crippen LogP contribution in [0.15, 0.2) is 36.7 Å². The third-order valence-corrected chi connectivity index (χ3v) is 5.15. The van der Waals surface area contributed by atoms with Crippen LogP contribution in [0, 0.1) is 5.92 Å². The average Bonchev–Trinajstić information content (AvgIpc) is 2.61. The third-order valence-electron chi connectivity index (χ3n) is 4.88. The van der Waals surface area contributed by atoms with Crippen LogP contribution in [0.4, 0.5) is 0 Å². The van der Waals surface area contributed by atoms with Gasteiger partial charge in [-0.2, -0.15) is 0 Å². The number of nitrogens with zero attached hydrogens (tertiary/aromatic N) is 2. The normalized spacial score (nSPS) is 21.1. The van der Waals surface area contributed by atoms with Crippen molar-refractivity contribution in [3.8, 4) is 5.75 Å². The molecule has 1 aromatic carbocycles. The van der Waals surface area contributed by atoms with Crippen LogP contribution in [-0.2, 0) is 6.42 Å². The van der Waals surface area contributed by atoms with Gasteiger partial charge in [0.2, 0.25) is 0 Å². The van der Waals surface area contributed by atoms with E-state index >= 15 is 0 Å². The summed E-state index contributed by atoms with van der Waals surface area (Å²) in [5.74, 6) is 2.07. The Morgan fingerprint density at radius 1 is 1.17 bits per heavy atom. The molecule has 0 unspecified atom stereocenters. The Bertz CT molecular complexity index is 633. The smallest absolute Gasteiger partial charge is 0.177 e. The highest BCUT2D eigenvalue weighted by Crippen LogP contribution is 2.38. The Labute approximate surface area is 143 Å². The van der Waals surface area contributed by atoms with Gasteiger partial charge in [0, 0.05) is 0 Å². The molecule has 2 atom stereocenters. The topological polar surface area (TPSA) is 35.0 Å². The Balaban J connectivity index is 1.61. The SMILES string of the molecule is COc1c(Cl)ncnc1CC[C@H]1CCC[C@@H](c2ccccc2)C1. The van der Waals surface area contributed by atoms with Gasteiger partial charge < -0.3 is 4.74 Å². The Morgan fingerprint density at radius 2 is 2.00 bits per heavy atom. The first kappa shape index (κ1) is 16.3. The van der Waals surface area contributed by atoms with Crippen LogP contribution in [0.25, 0.3) is 0 Å². The Morgan fingerprint density at radius 3 is 2.78 bits per heavy atom. The summed E-state index contributed by atoms with van der Waals surface area (Å²) < 4.78 is 5.35. The fourth-order valence-corrected chi connectivity index (χ4v) is 3.92. The van der Waals surface area contributed by atoms with Gasteiger partial charge in [-0.3, -0.25) is 0 Å². The molecule has 0 spiro atoms. The molecule has 1 heterocycles. The number of rotatable bonds is 5. The second kappa shape index (κ2) is 7.78. The summed E-state index contributed by atoms with van der Waals surface area (Å²) in [6, 6.07) is 10.9. The van der Waals surface area contributed by atoms with E-state index in [1.54, 1.807) is 7.11 Å². The molecule has 0 bridgehead atoms. The predicted molar refractivity (Wildman–Crippen MR) is 93.1 cm³/mol. The second-order valence-electron chi connectivity index (χ2n) is 6.32. The fourth-order valence-electron chi connectivity index (χ4n) is 3.69. The summed E-state index contributed by atoms with van der Waals surface area (Å²) in [6.07, 6.45) is 8.75. The second-order valence-corrected chi connectivity index (χ2v) is 6.68. The molecule has 1 aromatic heterocycles. The fraction of sp³-hybridized carbons (Fsp3) is 0.474. The van der Waals surface area contributed by atoms with E-state index in [2.05, 4.69) is 40.3 Å². The lowest BCUT2D eigenvalue weighted by Crippen LogP contribution is -2.15. The van der Waals surface area contributed by atoms with Gasteiger partial charge in [-0.05, 0) is 43.1 Å². The highest BCUT2D eigenvalue weighted by atomic mass is 35.5. The first-order chi connectivity index (χ1) is 11.3. The minimum atomic E-state index is 0.406. The number of ether oxygens (including phenoxy) is 1. The zero-order valence-electron chi connectivity index (χ0n) is 13.5. The number of benzene rings is 1. The molecule has 4 heteroatoms. The van der Waals surface area contributed by atoms with Crippen LogP contribution >= 0.6 is 11.6 Å². The van der Waals surface area contributed by atoms with E-state index in [1.165, 1.54) is 37.6 Å². The maximum Gasteiger partial charge on any atom is 0.177 e. The summed E-state index contributed by atoms with van der Waals surface area (Å²) in [5, 5.41) is 0.406. The number of methoxy groups -OCH3 is 1. The lowest BCUT2D eigenvalue weighted by atomic mass is 9.76.